The van der Waals surface area contributed by atoms with Crippen molar-refractivity contribution in [3.8, 4) is 0 Å². The van der Waals surface area contributed by atoms with Gasteiger partial charge in [-0.05, 0) is 5.75 Å². The number of esters is 1. The Morgan fingerprint density at radius 3 is 3.07 bits per heavy atom. The maximum atomic E-state index is 11.2. The number of carbonyl (C=O) groups is 1. The van der Waals surface area contributed by atoms with Crippen LogP contribution in [-0.2, 0) is 11.3 Å². The van der Waals surface area contributed by atoms with Crippen LogP contribution < -0.4 is 5.73 Å². The first-order chi connectivity index (χ1) is 7.19. The molecule has 15 heavy (non-hydrogen) atoms. The highest BCUT2D eigenvalue weighted by Gasteiger charge is 2.14. The van der Waals surface area contributed by atoms with Gasteiger partial charge in [0, 0.05) is 11.9 Å². The van der Waals surface area contributed by atoms with E-state index in [1.165, 1.54) is 7.11 Å². The van der Waals surface area contributed by atoms with Gasteiger partial charge < -0.3 is 10.5 Å². The highest BCUT2D eigenvalue weighted by molar-refractivity contribution is 7.99. The first-order valence-corrected chi connectivity index (χ1v) is 5.83. The second kappa shape index (κ2) is 5.65. The third-order valence-corrected chi connectivity index (χ3v) is 2.72. The first-order valence-electron chi connectivity index (χ1n) is 4.68. The molecule has 1 rings (SSSR count). The molecule has 1 aromatic rings. The third kappa shape index (κ3) is 3.16. The van der Waals surface area contributed by atoms with Crippen LogP contribution in [0.4, 0.5) is 5.69 Å². The van der Waals surface area contributed by atoms with E-state index in [1.807, 2.05) is 11.8 Å². The highest BCUT2D eigenvalue weighted by Crippen LogP contribution is 2.10. The number of methoxy groups -OCH3 is 1. The Hall–Kier alpha value is -1.17. The second-order valence-corrected chi connectivity index (χ2v) is 4.28. The van der Waals surface area contributed by atoms with Crippen molar-refractivity contribution < 1.29 is 9.53 Å². The number of thioether (sulfide) groups is 1. The molecule has 0 radical (unpaired) electrons. The van der Waals surface area contributed by atoms with E-state index in [1.54, 1.807) is 10.9 Å². The van der Waals surface area contributed by atoms with Crippen LogP contribution in [0.25, 0.3) is 0 Å². The summed E-state index contributed by atoms with van der Waals surface area (Å²) >= 11 is 1.81. The fourth-order valence-corrected chi connectivity index (χ4v) is 1.71. The molecule has 1 aromatic heterocycles. The number of ether oxygens (including phenoxy) is 1. The molecule has 0 atom stereocenters. The van der Waals surface area contributed by atoms with Gasteiger partial charge >= 0.3 is 5.97 Å². The molecule has 0 saturated carbocycles. The minimum absolute atomic E-state index is 0.194. The third-order valence-electron chi connectivity index (χ3n) is 1.84. The van der Waals surface area contributed by atoms with Gasteiger partial charge in [0.15, 0.2) is 5.69 Å². The number of nitrogens with zero attached hydrogens (tertiary/aromatic N) is 2. The monoisotopic (exact) mass is 229 g/mol. The molecule has 0 aliphatic carbocycles. The fraction of sp³-hybridized carbons (Fsp3) is 0.556. The van der Waals surface area contributed by atoms with Crippen LogP contribution in [0.3, 0.4) is 0 Å². The molecular weight excluding hydrogens is 214 g/mol. The van der Waals surface area contributed by atoms with E-state index in [4.69, 9.17) is 5.73 Å². The van der Waals surface area contributed by atoms with Gasteiger partial charge in [-0.3, -0.25) is 4.68 Å². The molecule has 0 spiro atoms. The highest BCUT2D eigenvalue weighted by atomic mass is 32.2. The zero-order chi connectivity index (χ0) is 11.3. The Balaban J connectivity index is 2.64. The predicted octanol–water partition coefficient (Wildman–Crippen LogP) is 1.00. The second-order valence-electron chi connectivity index (χ2n) is 2.88. The van der Waals surface area contributed by atoms with E-state index in [0.29, 0.717) is 5.69 Å². The smallest absolute Gasteiger partial charge is 0.360 e. The number of hydrogen-bond donors (Lipinski definition) is 1. The van der Waals surface area contributed by atoms with Gasteiger partial charge in [0.25, 0.3) is 0 Å². The standard InChI is InChI=1S/C9H15N3O2S/c1-3-15-5-4-12-6-7(10)8(11-12)9(13)14-2/h6H,3-5,10H2,1-2H3. The minimum atomic E-state index is -0.491. The molecule has 5 nitrogen and oxygen atoms in total. The van der Waals surface area contributed by atoms with Gasteiger partial charge in [0.2, 0.25) is 0 Å². The largest absolute Gasteiger partial charge is 0.464 e. The van der Waals surface area contributed by atoms with Gasteiger partial charge in [0.1, 0.15) is 0 Å². The maximum absolute atomic E-state index is 11.2. The normalized spacial score (nSPS) is 10.3. The Morgan fingerprint density at radius 1 is 1.73 bits per heavy atom. The summed E-state index contributed by atoms with van der Waals surface area (Å²) in [5.74, 6) is 1.54. The Bertz CT molecular complexity index is 338. The van der Waals surface area contributed by atoms with Gasteiger partial charge in [-0.25, -0.2) is 4.79 Å². The van der Waals surface area contributed by atoms with Crippen molar-refractivity contribution in [1.82, 2.24) is 9.78 Å². The maximum Gasteiger partial charge on any atom is 0.360 e. The molecule has 0 amide bonds. The first kappa shape index (κ1) is 11.9. The summed E-state index contributed by atoms with van der Waals surface area (Å²) in [5, 5.41) is 4.06. The van der Waals surface area contributed by atoms with E-state index >= 15 is 0 Å². The zero-order valence-electron chi connectivity index (χ0n) is 8.90. The fourth-order valence-electron chi connectivity index (χ4n) is 1.11. The summed E-state index contributed by atoms with van der Waals surface area (Å²) in [6.07, 6.45) is 1.66. The van der Waals surface area contributed by atoms with Crippen molar-refractivity contribution in [3.63, 3.8) is 0 Å². The number of carbonyl (C=O) groups excluding carboxylic acids is 1. The van der Waals surface area contributed by atoms with E-state index in [0.717, 1.165) is 18.1 Å². The van der Waals surface area contributed by atoms with Gasteiger partial charge in [-0.1, -0.05) is 6.92 Å². The average Bonchev–Trinajstić information content (AvgIpc) is 2.59. The van der Waals surface area contributed by atoms with E-state index in [2.05, 4.69) is 16.8 Å². The molecule has 84 valence electrons. The molecule has 0 unspecified atom stereocenters. The zero-order valence-corrected chi connectivity index (χ0v) is 9.71. The van der Waals surface area contributed by atoms with E-state index in [9.17, 15) is 4.79 Å². The molecule has 0 aliphatic rings. The molecular formula is C9H15N3O2S. The SMILES string of the molecule is CCSCCn1cc(N)c(C(=O)OC)n1. The molecule has 0 aliphatic heterocycles. The number of anilines is 1. The Labute approximate surface area is 93.0 Å². The lowest BCUT2D eigenvalue weighted by molar-refractivity contribution is 0.0594. The predicted molar refractivity (Wildman–Crippen MR) is 61.0 cm³/mol. The molecule has 6 heteroatoms. The van der Waals surface area contributed by atoms with Gasteiger partial charge in [0.05, 0.1) is 19.3 Å². The van der Waals surface area contributed by atoms with E-state index < -0.39 is 5.97 Å². The molecule has 0 saturated heterocycles. The summed E-state index contributed by atoms with van der Waals surface area (Å²) in [7, 11) is 1.31. The van der Waals surface area contributed by atoms with Crippen molar-refractivity contribution in [3.05, 3.63) is 11.9 Å². The summed E-state index contributed by atoms with van der Waals surface area (Å²) in [4.78, 5) is 11.2. The number of aryl methyl sites for hydroxylation is 1. The van der Waals surface area contributed by atoms with E-state index in [-0.39, 0.29) is 5.69 Å². The van der Waals surface area contributed by atoms with Crippen LogP contribution in [-0.4, -0.2) is 34.4 Å². The minimum Gasteiger partial charge on any atom is -0.464 e. The van der Waals surface area contributed by atoms with Crippen LogP contribution in [0.5, 0.6) is 0 Å². The summed E-state index contributed by atoms with van der Waals surface area (Å²) in [6, 6.07) is 0. The van der Waals surface area contributed by atoms with Gasteiger partial charge in [-0.2, -0.15) is 16.9 Å². The molecule has 0 aromatic carbocycles. The molecule has 2 N–H and O–H groups in total. The van der Waals surface area contributed by atoms with Crippen molar-refractivity contribution in [2.45, 2.75) is 13.5 Å². The number of rotatable bonds is 5. The molecule has 0 fully saturated rings. The van der Waals surface area contributed by atoms with Crippen LogP contribution in [0.1, 0.15) is 17.4 Å². The number of aromatic nitrogens is 2. The van der Waals surface area contributed by atoms with Crippen LogP contribution in [0.2, 0.25) is 0 Å². The quantitative estimate of drug-likeness (QED) is 0.602. The summed E-state index contributed by atoms with van der Waals surface area (Å²) < 4.78 is 6.23. The lowest BCUT2D eigenvalue weighted by Gasteiger charge is -1.98. The van der Waals surface area contributed by atoms with Gasteiger partial charge in [-0.15, -0.1) is 0 Å². The summed E-state index contributed by atoms with van der Waals surface area (Å²) in [6.45, 7) is 2.85. The molecule has 0 bridgehead atoms. The molecule has 1 heterocycles. The topological polar surface area (TPSA) is 70.1 Å². The van der Waals surface area contributed by atoms with Crippen molar-refractivity contribution in [1.29, 1.82) is 0 Å². The number of hydrogen-bond acceptors (Lipinski definition) is 5. The van der Waals surface area contributed by atoms with Crippen LogP contribution in [0.15, 0.2) is 6.20 Å². The summed E-state index contributed by atoms with van der Waals surface area (Å²) in [5.41, 5.74) is 6.19. The number of nitrogens with two attached hydrogens (primary N) is 1. The average molecular weight is 229 g/mol. The lowest BCUT2D eigenvalue weighted by Crippen LogP contribution is -2.07. The Kier molecular flexibility index (Phi) is 4.48. The number of nitrogen functional groups attached to an aromatic ring is 1. The van der Waals surface area contributed by atoms with Crippen molar-refractivity contribution >= 4 is 23.4 Å². The van der Waals surface area contributed by atoms with Crippen molar-refractivity contribution in [2.24, 2.45) is 0 Å². The van der Waals surface area contributed by atoms with Crippen LogP contribution in [0, 0.1) is 0 Å². The Morgan fingerprint density at radius 2 is 2.47 bits per heavy atom. The van der Waals surface area contributed by atoms with Crippen LogP contribution >= 0.6 is 11.8 Å². The lowest BCUT2D eigenvalue weighted by atomic mass is 10.4. The van der Waals surface area contributed by atoms with Crippen molar-refractivity contribution in [2.75, 3.05) is 24.3 Å².